The topological polar surface area (TPSA) is 90.7 Å². The van der Waals surface area contributed by atoms with Crippen LogP contribution >= 0.6 is 15.9 Å². The number of carbonyl (C=O) groups excluding carboxylic acids is 1. The second-order valence-corrected chi connectivity index (χ2v) is 9.31. The first kappa shape index (κ1) is 18.9. The van der Waals surface area contributed by atoms with Crippen molar-refractivity contribution in [3.63, 3.8) is 0 Å². The van der Waals surface area contributed by atoms with Gasteiger partial charge < -0.3 is 9.64 Å². The molecule has 0 radical (unpaired) electrons. The summed E-state index contributed by atoms with van der Waals surface area (Å²) < 4.78 is 30.7. The Kier molecular flexibility index (Phi) is 6.01. The van der Waals surface area contributed by atoms with Crippen LogP contribution in [0.1, 0.15) is 27.2 Å². The molecule has 0 aliphatic carbocycles. The van der Waals surface area contributed by atoms with E-state index in [4.69, 9.17) is 10.00 Å². The molecule has 1 fully saturated rings. The number of carbonyl (C=O) groups is 1. The maximum atomic E-state index is 12.2. The molecule has 1 atom stereocenters. The molecule has 0 aromatic heterocycles. The monoisotopic (exact) mass is 393 g/mol. The first-order valence-electron chi connectivity index (χ1n) is 6.70. The lowest BCUT2D eigenvalue weighted by Gasteiger charge is -2.39. The first-order chi connectivity index (χ1) is 9.99. The Labute approximate surface area is 139 Å². The number of ether oxygens (including phenoxy) is 1. The van der Waals surface area contributed by atoms with Crippen LogP contribution in [-0.2, 0) is 14.8 Å². The lowest BCUT2D eigenvalue weighted by molar-refractivity contribution is 0.0136. The summed E-state index contributed by atoms with van der Waals surface area (Å²) in [6, 6.07) is 1.34. The molecule has 124 valence electrons. The highest BCUT2D eigenvalue weighted by molar-refractivity contribution is 9.13. The molecule has 0 saturated carbocycles. The van der Waals surface area contributed by atoms with Crippen molar-refractivity contribution in [2.24, 2.45) is 0 Å². The zero-order valence-corrected chi connectivity index (χ0v) is 15.3. The molecule has 1 saturated heterocycles. The van der Waals surface area contributed by atoms with Gasteiger partial charge in [0.1, 0.15) is 9.42 Å². The van der Waals surface area contributed by atoms with Gasteiger partial charge in [-0.25, -0.2) is 13.2 Å². The summed E-state index contributed by atoms with van der Waals surface area (Å²) in [7, 11) is -3.73. The predicted octanol–water partition coefficient (Wildman–Crippen LogP) is 2.02. The highest BCUT2D eigenvalue weighted by Crippen LogP contribution is 2.25. The van der Waals surface area contributed by atoms with E-state index in [9.17, 15) is 13.2 Å². The van der Waals surface area contributed by atoms with Crippen LogP contribution in [0.25, 0.3) is 0 Å². The third-order valence-electron chi connectivity index (χ3n) is 3.00. The summed E-state index contributed by atoms with van der Waals surface area (Å²) in [6.45, 7) is 9.08. The van der Waals surface area contributed by atoms with Crippen molar-refractivity contribution in [3.05, 3.63) is 10.4 Å². The van der Waals surface area contributed by atoms with Crippen molar-refractivity contribution in [3.8, 4) is 6.07 Å². The predicted molar refractivity (Wildman–Crippen MR) is 85.5 cm³/mol. The molecule has 0 N–H and O–H groups in total. The van der Waals surface area contributed by atoms with Crippen molar-refractivity contribution in [1.82, 2.24) is 9.21 Å². The molecule has 0 bridgehead atoms. The number of sulfonamides is 1. The van der Waals surface area contributed by atoms with Gasteiger partial charge in [-0.2, -0.15) is 9.57 Å². The largest absolute Gasteiger partial charge is 0.444 e. The molecule has 0 spiro atoms. The van der Waals surface area contributed by atoms with E-state index in [1.807, 2.05) is 6.07 Å². The van der Waals surface area contributed by atoms with Crippen LogP contribution in [-0.4, -0.2) is 55.0 Å². The van der Waals surface area contributed by atoms with E-state index in [0.717, 1.165) is 0 Å². The van der Waals surface area contributed by atoms with Gasteiger partial charge in [-0.1, -0.05) is 6.58 Å². The van der Waals surface area contributed by atoms with Crippen LogP contribution < -0.4 is 0 Å². The fourth-order valence-corrected chi connectivity index (χ4v) is 3.71. The minimum absolute atomic E-state index is 0.0151. The van der Waals surface area contributed by atoms with E-state index in [1.54, 1.807) is 20.8 Å². The minimum atomic E-state index is -3.73. The Bertz CT molecular complexity index is 591. The zero-order chi connectivity index (χ0) is 17.1. The maximum absolute atomic E-state index is 12.2. The highest BCUT2D eigenvalue weighted by Gasteiger charge is 2.38. The van der Waals surface area contributed by atoms with E-state index in [-0.39, 0.29) is 29.9 Å². The van der Waals surface area contributed by atoms with Gasteiger partial charge in [-0.15, -0.1) is 0 Å². The van der Waals surface area contributed by atoms with Crippen LogP contribution in [0, 0.1) is 11.3 Å². The maximum Gasteiger partial charge on any atom is 0.410 e. The fraction of sp³-hybridized carbons (Fsp3) is 0.692. The lowest BCUT2D eigenvalue weighted by atomic mass is 10.1. The standard InChI is InChI=1S/C13H20BrN3O4S/c1-10(14)22(19,20)17-8-7-16(9-11(17)5-6-15)12(18)21-13(2,3)4/h11H,1,5,7-9H2,2-4H3/t11-/m0/s1. The fourth-order valence-electron chi connectivity index (χ4n) is 2.05. The third-order valence-corrected chi connectivity index (χ3v) is 5.88. The molecule has 1 amide bonds. The molecule has 1 heterocycles. The molecule has 22 heavy (non-hydrogen) atoms. The van der Waals surface area contributed by atoms with Gasteiger partial charge in [0.05, 0.1) is 18.5 Å². The van der Waals surface area contributed by atoms with Crippen LogP contribution in [0.4, 0.5) is 4.79 Å². The minimum Gasteiger partial charge on any atom is -0.444 e. The second kappa shape index (κ2) is 6.98. The van der Waals surface area contributed by atoms with Crippen LogP contribution in [0.3, 0.4) is 0 Å². The van der Waals surface area contributed by atoms with Gasteiger partial charge in [-0.3, -0.25) is 0 Å². The molecule has 7 nitrogen and oxygen atoms in total. The Morgan fingerprint density at radius 1 is 1.45 bits per heavy atom. The summed E-state index contributed by atoms with van der Waals surface area (Å²) in [5, 5.41) is 8.91. The third kappa shape index (κ3) is 4.69. The molecule has 1 aliphatic rings. The number of hydrogen-bond acceptors (Lipinski definition) is 5. The van der Waals surface area contributed by atoms with Crippen molar-refractivity contribution in [1.29, 1.82) is 5.26 Å². The Balaban J connectivity index is 2.91. The summed E-state index contributed by atoms with van der Waals surface area (Å²) in [4.78, 5) is 13.5. The van der Waals surface area contributed by atoms with Gasteiger partial charge in [-0.05, 0) is 36.7 Å². The van der Waals surface area contributed by atoms with Gasteiger partial charge in [0.15, 0.2) is 0 Å². The van der Waals surface area contributed by atoms with E-state index < -0.39 is 27.8 Å². The molecule has 0 aromatic carbocycles. The van der Waals surface area contributed by atoms with E-state index in [1.165, 1.54) is 9.21 Å². The van der Waals surface area contributed by atoms with E-state index in [2.05, 4.69) is 22.5 Å². The molecule has 0 unspecified atom stereocenters. The smallest absolute Gasteiger partial charge is 0.410 e. The van der Waals surface area contributed by atoms with Crippen molar-refractivity contribution < 1.29 is 17.9 Å². The molecular formula is C13H20BrN3O4S. The van der Waals surface area contributed by atoms with Gasteiger partial charge >= 0.3 is 6.09 Å². The van der Waals surface area contributed by atoms with Gasteiger partial charge in [0.2, 0.25) is 10.0 Å². The molecular weight excluding hydrogens is 374 g/mol. The normalized spacial score (nSPS) is 20.3. The molecule has 1 aliphatic heterocycles. The average molecular weight is 394 g/mol. The highest BCUT2D eigenvalue weighted by atomic mass is 79.9. The van der Waals surface area contributed by atoms with Gasteiger partial charge in [0.25, 0.3) is 0 Å². The van der Waals surface area contributed by atoms with Crippen molar-refractivity contribution in [2.45, 2.75) is 38.8 Å². The molecule has 9 heteroatoms. The number of piperazine rings is 1. The zero-order valence-electron chi connectivity index (χ0n) is 12.9. The van der Waals surface area contributed by atoms with E-state index >= 15 is 0 Å². The van der Waals surface area contributed by atoms with Crippen LogP contribution in [0.5, 0.6) is 0 Å². The number of nitriles is 1. The van der Waals surface area contributed by atoms with Crippen molar-refractivity contribution >= 4 is 32.0 Å². The number of rotatable bonds is 3. The molecule has 0 aromatic rings. The first-order valence-corrected chi connectivity index (χ1v) is 8.93. The SMILES string of the molecule is C=C(Br)S(=O)(=O)N1CCN(C(=O)OC(C)(C)C)C[C@@H]1CC#N. The summed E-state index contributed by atoms with van der Waals surface area (Å²) >= 11 is 2.88. The summed E-state index contributed by atoms with van der Waals surface area (Å²) in [5.74, 6) is 0. The molecule has 1 rings (SSSR count). The number of hydrogen-bond donors (Lipinski definition) is 0. The Morgan fingerprint density at radius 3 is 2.50 bits per heavy atom. The number of halogens is 1. The van der Waals surface area contributed by atoms with Gasteiger partial charge in [0, 0.05) is 19.6 Å². The second-order valence-electron chi connectivity index (χ2n) is 5.91. The van der Waals surface area contributed by atoms with Crippen LogP contribution in [0.15, 0.2) is 10.4 Å². The average Bonchev–Trinajstić information content (AvgIpc) is 2.36. The van der Waals surface area contributed by atoms with Crippen molar-refractivity contribution in [2.75, 3.05) is 19.6 Å². The summed E-state index contributed by atoms with van der Waals surface area (Å²) in [6.07, 6.45) is -0.524. The number of nitrogens with zero attached hydrogens (tertiary/aromatic N) is 3. The Morgan fingerprint density at radius 2 is 2.05 bits per heavy atom. The van der Waals surface area contributed by atoms with Crippen LogP contribution in [0.2, 0.25) is 0 Å². The lowest BCUT2D eigenvalue weighted by Crippen LogP contribution is -2.56. The van der Waals surface area contributed by atoms with E-state index in [0.29, 0.717) is 0 Å². The quantitative estimate of drug-likeness (QED) is 0.731. The number of amides is 1. The summed E-state index contributed by atoms with van der Waals surface area (Å²) in [5.41, 5.74) is -0.630. The Hall–Kier alpha value is -1.11.